The minimum atomic E-state index is 0.977. The summed E-state index contributed by atoms with van der Waals surface area (Å²) < 4.78 is 0. The lowest BCUT2D eigenvalue weighted by molar-refractivity contribution is 1.01. The first-order chi connectivity index (χ1) is 4.84. The van der Waals surface area contributed by atoms with Gasteiger partial charge in [0.25, 0.3) is 0 Å². The molecule has 0 radical (unpaired) electrons. The Bertz CT molecular complexity index is 235. The van der Waals surface area contributed by atoms with E-state index in [1.165, 1.54) is 11.8 Å². The van der Waals surface area contributed by atoms with Crippen LogP contribution in [0.15, 0.2) is 29.5 Å². The molecule has 0 atom stereocenters. The minimum Gasteiger partial charge on any atom is -0.244 e. The van der Waals surface area contributed by atoms with Crippen molar-refractivity contribution in [1.29, 1.82) is 0 Å². The summed E-state index contributed by atoms with van der Waals surface area (Å²) in [5, 5.41) is 2.74. The van der Waals surface area contributed by atoms with Crippen LogP contribution in [0.5, 0.6) is 0 Å². The number of aromatic nitrogens is 2. The Morgan fingerprint density at radius 3 is 3.10 bits per heavy atom. The molecule has 0 bridgehead atoms. The Kier molecular flexibility index (Phi) is 2.45. The second kappa shape index (κ2) is 3.37. The van der Waals surface area contributed by atoms with Crippen LogP contribution in [0.25, 0.3) is 0 Å². The van der Waals surface area contributed by atoms with E-state index < -0.39 is 0 Å². The van der Waals surface area contributed by atoms with Crippen molar-refractivity contribution in [2.45, 2.75) is 11.9 Å². The lowest BCUT2D eigenvalue weighted by Crippen LogP contribution is -1.84. The highest BCUT2D eigenvalue weighted by atomic mass is 32.2. The fourth-order valence-electron chi connectivity index (χ4n) is 0.590. The van der Waals surface area contributed by atoms with Gasteiger partial charge in [-0.25, -0.2) is 9.97 Å². The maximum Gasteiger partial charge on any atom is 0.116 e. The lowest BCUT2D eigenvalue weighted by Gasteiger charge is -1.96. The fraction of sp³-hybridized carbons (Fsp3) is 0.143. The first-order valence-corrected chi connectivity index (χ1v) is 3.76. The van der Waals surface area contributed by atoms with Crippen molar-refractivity contribution in [3.63, 3.8) is 0 Å². The van der Waals surface area contributed by atoms with Crippen molar-refractivity contribution in [2.75, 3.05) is 0 Å². The average Bonchev–Trinajstić information content (AvgIpc) is 1.94. The molecule has 0 amide bonds. The number of rotatable bonds is 2. The van der Waals surface area contributed by atoms with E-state index in [9.17, 15) is 0 Å². The smallest absolute Gasteiger partial charge is 0.116 e. The van der Waals surface area contributed by atoms with Gasteiger partial charge >= 0.3 is 0 Å². The second-order valence-corrected chi connectivity index (χ2v) is 2.75. The number of hydrogen-bond acceptors (Lipinski definition) is 3. The van der Waals surface area contributed by atoms with Gasteiger partial charge in [-0.3, -0.25) is 0 Å². The van der Waals surface area contributed by atoms with E-state index >= 15 is 0 Å². The molecule has 1 aromatic heterocycles. The van der Waals surface area contributed by atoms with Crippen molar-refractivity contribution < 1.29 is 0 Å². The first-order valence-electron chi connectivity index (χ1n) is 2.88. The van der Waals surface area contributed by atoms with Gasteiger partial charge in [-0.2, -0.15) is 0 Å². The topological polar surface area (TPSA) is 25.8 Å². The maximum absolute atomic E-state index is 4.05. The quantitative estimate of drug-likeness (QED) is 0.479. The Morgan fingerprint density at radius 2 is 2.50 bits per heavy atom. The van der Waals surface area contributed by atoms with E-state index in [0.29, 0.717) is 0 Å². The Labute approximate surface area is 64.4 Å². The highest BCUT2D eigenvalue weighted by molar-refractivity contribution is 8.02. The Hall–Kier alpha value is -0.830. The van der Waals surface area contributed by atoms with Crippen LogP contribution >= 0.6 is 11.8 Å². The van der Waals surface area contributed by atoms with E-state index in [1.807, 2.05) is 6.92 Å². The van der Waals surface area contributed by atoms with E-state index in [2.05, 4.69) is 16.5 Å². The van der Waals surface area contributed by atoms with Gasteiger partial charge in [-0.1, -0.05) is 18.3 Å². The zero-order valence-electron chi connectivity index (χ0n) is 5.74. The zero-order chi connectivity index (χ0) is 7.40. The van der Waals surface area contributed by atoms with Crippen LogP contribution in [-0.4, -0.2) is 9.97 Å². The summed E-state index contributed by atoms with van der Waals surface area (Å²) in [5.41, 5.74) is 1.09. The molecule has 0 N–H and O–H groups in total. The zero-order valence-corrected chi connectivity index (χ0v) is 6.56. The molecule has 1 rings (SSSR count). The number of nitrogens with zero attached hydrogens (tertiary/aromatic N) is 2. The number of hydrogen-bond donors (Lipinski definition) is 0. The highest BCUT2D eigenvalue weighted by Crippen LogP contribution is 2.17. The van der Waals surface area contributed by atoms with Crippen molar-refractivity contribution >= 4 is 11.8 Å². The third kappa shape index (κ3) is 1.57. The summed E-state index contributed by atoms with van der Waals surface area (Å²) in [5.74, 6) is 0. The third-order valence-corrected chi connectivity index (χ3v) is 1.86. The van der Waals surface area contributed by atoms with Crippen LogP contribution in [-0.2, 0) is 0 Å². The summed E-state index contributed by atoms with van der Waals surface area (Å²) in [4.78, 5) is 7.92. The molecule has 0 saturated carbocycles. The number of aryl methyl sites for hydroxylation is 1. The van der Waals surface area contributed by atoms with Gasteiger partial charge in [0.15, 0.2) is 0 Å². The van der Waals surface area contributed by atoms with Crippen molar-refractivity contribution in [2.24, 2.45) is 0 Å². The van der Waals surface area contributed by atoms with E-state index in [1.54, 1.807) is 17.9 Å². The van der Waals surface area contributed by atoms with Crippen LogP contribution in [0.2, 0.25) is 0 Å². The van der Waals surface area contributed by atoms with E-state index in [0.717, 1.165) is 10.6 Å². The molecule has 0 aliphatic heterocycles. The van der Waals surface area contributed by atoms with Gasteiger partial charge in [-0.05, 0) is 17.9 Å². The molecule has 0 aromatic carbocycles. The van der Waals surface area contributed by atoms with E-state index in [-0.39, 0.29) is 0 Å². The normalized spacial score (nSPS) is 9.30. The Balaban J connectivity index is 2.91. The highest BCUT2D eigenvalue weighted by Gasteiger charge is 1.94. The summed E-state index contributed by atoms with van der Waals surface area (Å²) in [7, 11) is 0. The molecule has 1 aromatic rings. The lowest BCUT2D eigenvalue weighted by atomic mass is 10.4. The molecule has 0 saturated heterocycles. The van der Waals surface area contributed by atoms with Gasteiger partial charge in [0.05, 0.1) is 0 Å². The first kappa shape index (κ1) is 7.28. The predicted molar refractivity (Wildman–Crippen MR) is 42.8 cm³/mol. The van der Waals surface area contributed by atoms with Crippen LogP contribution in [0.4, 0.5) is 0 Å². The second-order valence-electron chi connectivity index (χ2n) is 1.80. The molecule has 1 heterocycles. The third-order valence-electron chi connectivity index (χ3n) is 1.04. The monoisotopic (exact) mass is 152 g/mol. The molecule has 3 heteroatoms. The molecular formula is C7H8N2S. The molecule has 0 fully saturated rings. The summed E-state index contributed by atoms with van der Waals surface area (Å²) >= 11 is 1.51. The summed E-state index contributed by atoms with van der Waals surface area (Å²) in [6.07, 6.45) is 3.33. The molecule has 2 nitrogen and oxygen atoms in total. The SMILES string of the molecule is C=CSc1ncncc1C. The Morgan fingerprint density at radius 1 is 1.70 bits per heavy atom. The van der Waals surface area contributed by atoms with Crippen LogP contribution in [0.1, 0.15) is 5.56 Å². The van der Waals surface area contributed by atoms with Gasteiger partial charge < -0.3 is 0 Å². The van der Waals surface area contributed by atoms with Gasteiger partial charge in [-0.15, -0.1) is 0 Å². The molecule has 10 heavy (non-hydrogen) atoms. The fourth-order valence-corrected chi connectivity index (χ4v) is 1.09. The molecule has 0 unspecified atom stereocenters. The molecule has 0 spiro atoms. The van der Waals surface area contributed by atoms with Crippen LogP contribution in [0.3, 0.4) is 0 Å². The van der Waals surface area contributed by atoms with Crippen LogP contribution in [0, 0.1) is 6.92 Å². The van der Waals surface area contributed by atoms with E-state index in [4.69, 9.17) is 0 Å². The summed E-state index contributed by atoms with van der Waals surface area (Å²) in [6, 6.07) is 0. The molecule has 0 aliphatic carbocycles. The molecule has 52 valence electrons. The summed E-state index contributed by atoms with van der Waals surface area (Å²) in [6.45, 7) is 5.58. The van der Waals surface area contributed by atoms with Crippen molar-refractivity contribution in [3.8, 4) is 0 Å². The van der Waals surface area contributed by atoms with Crippen molar-refractivity contribution in [3.05, 3.63) is 30.1 Å². The van der Waals surface area contributed by atoms with Gasteiger partial charge in [0.2, 0.25) is 0 Å². The largest absolute Gasteiger partial charge is 0.244 e. The minimum absolute atomic E-state index is 0.977. The average molecular weight is 152 g/mol. The standard InChI is InChI=1S/C7H8N2S/c1-3-10-7-6(2)4-8-5-9-7/h3-5H,1H2,2H3. The molecular weight excluding hydrogens is 144 g/mol. The van der Waals surface area contributed by atoms with Crippen molar-refractivity contribution in [1.82, 2.24) is 9.97 Å². The van der Waals surface area contributed by atoms with Gasteiger partial charge in [0.1, 0.15) is 11.4 Å². The predicted octanol–water partition coefficient (Wildman–Crippen LogP) is 2.02. The van der Waals surface area contributed by atoms with Gasteiger partial charge in [0, 0.05) is 6.20 Å². The number of thioether (sulfide) groups is 1. The maximum atomic E-state index is 4.05. The van der Waals surface area contributed by atoms with Crippen LogP contribution < -0.4 is 0 Å². The molecule has 0 aliphatic rings.